The quantitative estimate of drug-likeness (QED) is 0.759. The third kappa shape index (κ3) is 3.78. The maximum absolute atomic E-state index is 13.7. The molecule has 0 aliphatic carbocycles. The molecular formula is C11H18ClFN4. The van der Waals surface area contributed by atoms with Gasteiger partial charge < -0.3 is 9.80 Å². The van der Waals surface area contributed by atoms with Crippen molar-refractivity contribution >= 4 is 17.4 Å². The van der Waals surface area contributed by atoms with Crippen LogP contribution in [0.2, 0.25) is 5.28 Å². The molecule has 1 aromatic heterocycles. The summed E-state index contributed by atoms with van der Waals surface area (Å²) < 4.78 is 13.7. The summed E-state index contributed by atoms with van der Waals surface area (Å²) >= 11 is 5.70. The lowest BCUT2D eigenvalue weighted by Gasteiger charge is -2.31. The average Bonchev–Trinajstić information content (AvgIpc) is 2.23. The van der Waals surface area contributed by atoms with E-state index in [1.54, 1.807) is 0 Å². The molecule has 1 rings (SSSR count). The molecule has 1 unspecified atom stereocenters. The van der Waals surface area contributed by atoms with Crippen molar-refractivity contribution < 1.29 is 4.39 Å². The molecule has 0 spiro atoms. The Labute approximate surface area is 106 Å². The third-order valence-corrected chi connectivity index (χ3v) is 2.65. The normalized spacial score (nSPS) is 12.9. The smallest absolute Gasteiger partial charge is 0.224 e. The minimum atomic E-state index is -0.443. The monoisotopic (exact) mass is 260 g/mol. The second-order valence-electron chi connectivity index (χ2n) is 4.21. The zero-order valence-electron chi connectivity index (χ0n) is 10.6. The molecule has 0 bridgehead atoms. The van der Waals surface area contributed by atoms with E-state index >= 15 is 0 Å². The maximum atomic E-state index is 13.7. The first kappa shape index (κ1) is 14.1. The fourth-order valence-electron chi connectivity index (χ4n) is 1.84. The highest BCUT2D eigenvalue weighted by Crippen LogP contribution is 2.19. The molecule has 0 amide bonds. The van der Waals surface area contributed by atoms with Crippen LogP contribution in [-0.2, 0) is 0 Å². The molecule has 1 atom stereocenters. The molecule has 6 heteroatoms. The number of halogens is 2. The summed E-state index contributed by atoms with van der Waals surface area (Å²) in [5, 5.41) is 0.0666. The molecule has 0 saturated carbocycles. The molecular weight excluding hydrogens is 243 g/mol. The highest BCUT2D eigenvalue weighted by Gasteiger charge is 2.19. The second-order valence-corrected chi connectivity index (χ2v) is 4.55. The average molecular weight is 261 g/mol. The van der Waals surface area contributed by atoms with Gasteiger partial charge in [0.2, 0.25) is 5.28 Å². The van der Waals surface area contributed by atoms with Gasteiger partial charge in [0.05, 0.1) is 6.20 Å². The van der Waals surface area contributed by atoms with Crippen molar-refractivity contribution in [2.75, 3.05) is 32.1 Å². The van der Waals surface area contributed by atoms with E-state index < -0.39 is 5.82 Å². The minimum absolute atomic E-state index is 0.0666. The molecule has 0 fully saturated rings. The summed E-state index contributed by atoms with van der Waals surface area (Å²) in [6.07, 6.45) is 1.11. The summed E-state index contributed by atoms with van der Waals surface area (Å²) in [5.74, 6) is -0.177. The molecule has 0 N–H and O–H groups in total. The Balaban J connectivity index is 2.96. The van der Waals surface area contributed by atoms with Crippen LogP contribution in [-0.4, -0.2) is 48.1 Å². The van der Waals surface area contributed by atoms with Gasteiger partial charge in [-0.3, -0.25) is 0 Å². The molecule has 17 heavy (non-hydrogen) atoms. The number of hydrogen-bond acceptors (Lipinski definition) is 4. The van der Waals surface area contributed by atoms with E-state index in [9.17, 15) is 4.39 Å². The van der Waals surface area contributed by atoms with Gasteiger partial charge in [0, 0.05) is 19.1 Å². The highest BCUT2D eigenvalue weighted by atomic mass is 35.5. The van der Waals surface area contributed by atoms with Crippen LogP contribution in [0.5, 0.6) is 0 Å². The van der Waals surface area contributed by atoms with Crippen molar-refractivity contribution in [2.24, 2.45) is 0 Å². The summed E-state index contributed by atoms with van der Waals surface area (Å²) in [5.41, 5.74) is 0. The Hall–Kier alpha value is -0.940. The first-order valence-corrected chi connectivity index (χ1v) is 5.93. The van der Waals surface area contributed by atoms with E-state index in [2.05, 4.69) is 9.97 Å². The van der Waals surface area contributed by atoms with Crippen molar-refractivity contribution in [1.82, 2.24) is 14.9 Å². The van der Waals surface area contributed by atoms with E-state index in [0.717, 1.165) is 12.7 Å². The molecule has 1 aromatic rings. The summed E-state index contributed by atoms with van der Waals surface area (Å²) in [6, 6.07) is 0.149. The Bertz CT molecular complexity index is 372. The first-order valence-electron chi connectivity index (χ1n) is 5.55. The van der Waals surface area contributed by atoms with Gasteiger partial charge in [0.1, 0.15) is 0 Å². The zero-order valence-corrected chi connectivity index (χ0v) is 11.4. The fourth-order valence-corrected chi connectivity index (χ4v) is 1.96. The van der Waals surface area contributed by atoms with Gasteiger partial charge in [0.15, 0.2) is 11.6 Å². The van der Waals surface area contributed by atoms with Crippen LogP contribution < -0.4 is 4.90 Å². The molecule has 0 aliphatic rings. The Morgan fingerprint density at radius 3 is 2.65 bits per heavy atom. The zero-order chi connectivity index (χ0) is 13.0. The van der Waals surface area contributed by atoms with Crippen molar-refractivity contribution in [3.05, 3.63) is 17.3 Å². The summed E-state index contributed by atoms with van der Waals surface area (Å²) in [7, 11) is 3.96. The molecule has 96 valence electrons. The van der Waals surface area contributed by atoms with Gasteiger partial charge in [0.25, 0.3) is 0 Å². The van der Waals surface area contributed by atoms with E-state index in [-0.39, 0.29) is 17.1 Å². The number of nitrogens with zero attached hydrogens (tertiary/aromatic N) is 4. The van der Waals surface area contributed by atoms with Gasteiger partial charge in [-0.1, -0.05) is 0 Å². The van der Waals surface area contributed by atoms with Gasteiger partial charge >= 0.3 is 0 Å². The van der Waals surface area contributed by atoms with Crippen LogP contribution in [0, 0.1) is 5.82 Å². The third-order valence-electron chi connectivity index (χ3n) is 2.47. The predicted molar refractivity (Wildman–Crippen MR) is 68.0 cm³/mol. The van der Waals surface area contributed by atoms with Crippen LogP contribution in [0.1, 0.15) is 13.8 Å². The molecule has 1 heterocycles. The maximum Gasteiger partial charge on any atom is 0.224 e. The lowest BCUT2D eigenvalue weighted by atomic mass is 10.2. The number of hydrogen-bond donors (Lipinski definition) is 0. The Morgan fingerprint density at radius 1 is 1.47 bits per heavy atom. The molecule has 0 aromatic carbocycles. The predicted octanol–water partition coefficient (Wildman–Crippen LogP) is 2.05. The number of aromatic nitrogens is 2. The largest absolute Gasteiger partial charge is 0.350 e. The fraction of sp³-hybridized carbons (Fsp3) is 0.636. The number of rotatable bonds is 5. The number of anilines is 1. The minimum Gasteiger partial charge on any atom is -0.350 e. The molecule has 0 aliphatic heterocycles. The van der Waals surface area contributed by atoms with E-state index in [1.807, 2.05) is 37.7 Å². The molecule has 4 nitrogen and oxygen atoms in total. The van der Waals surface area contributed by atoms with Gasteiger partial charge in [-0.25, -0.2) is 9.37 Å². The molecule has 0 saturated heterocycles. The van der Waals surface area contributed by atoms with Crippen molar-refractivity contribution in [1.29, 1.82) is 0 Å². The van der Waals surface area contributed by atoms with Crippen molar-refractivity contribution in [3.8, 4) is 0 Å². The van der Waals surface area contributed by atoms with Crippen LogP contribution >= 0.6 is 11.6 Å². The SMILES string of the molecule is CCN(c1nc(Cl)ncc1F)C(C)CN(C)C. The van der Waals surface area contributed by atoms with Crippen LogP contribution in [0.15, 0.2) is 6.20 Å². The molecule has 0 radical (unpaired) electrons. The van der Waals surface area contributed by atoms with Gasteiger partial charge in [-0.15, -0.1) is 0 Å². The first-order chi connectivity index (χ1) is 7.95. The Kier molecular flexibility index (Phi) is 5.08. The standard InChI is InChI=1S/C11H18ClFN4/c1-5-17(8(2)7-16(3)4)10-9(13)6-14-11(12)15-10/h6,8H,5,7H2,1-4H3. The van der Waals surface area contributed by atoms with Gasteiger partial charge in [-0.2, -0.15) is 4.98 Å². The lowest BCUT2D eigenvalue weighted by Crippen LogP contribution is -2.41. The van der Waals surface area contributed by atoms with Crippen LogP contribution in [0.4, 0.5) is 10.2 Å². The van der Waals surface area contributed by atoms with Crippen LogP contribution in [0.25, 0.3) is 0 Å². The van der Waals surface area contributed by atoms with Gasteiger partial charge in [-0.05, 0) is 39.5 Å². The lowest BCUT2D eigenvalue weighted by molar-refractivity contribution is 0.370. The second kappa shape index (κ2) is 6.12. The number of likely N-dealkylation sites (N-methyl/N-ethyl adjacent to an activating group) is 2. The van der Waals surface area contributed by atoms with E-state index in [0.29, 0.717) is 6.54 Å². The summed E-state index contributed by atoms with van der Waals surface area (Å²) in [4.78, 5) is 11.5. The van der Waals surface area contributed by atoms with E-state index in [4.69, 9.17) is 11.6 Å². The summed E-state index contributed by atoms with van der Waals surface area (Å²) in [6.45, 7) is 5.47. The van der Waals surface area contributed by atoms with E-state index in [1.165, 1.54) is 0 Å². The highest BCUT2D eigenvalue weighted by molar-refractivity contribution is 6.28. The van der Waals surface area contributed by atoms with Crippen molar-refractivity contribution in [2.45, 2.75) is 19.9 Å². The topological polar surface area (TPSA) is 32.3 Å². The van der Waals surface area contributed by atoms with Crippen LogP contribution in [0.3, 0.4) is 0 Å². The Morgan fingerprint density at radius 2 is 2.12 bits per heavy atom. The van der Waals surface area contributed by atoms with Crippen molar-refractivity contribution in [3.63, 3.8) is 0 Å².